The van der Waals surface area contributed by atoms with Gasteiger partial charge in [-0.15, -0.1) is 0 Å². The third-order valence-electron chi connectivity index (χ3n) is 3.92. The first kappa shape index (κ1) is 14.7. The molecule has 1 aliphatic heterocycles. The van der Waals surface area contributed by atoms with Gasteiger partial charge in [-0.25, -0.2) is 0 Å². The Morgan fingerprint density at radius 1 is 1.17 bits per heavy atom. The third-order valence-corrected chi connectivity index (χ3v) is 4.17. The minimum atomic E-state index is -0.128. The number of nitrogens with one attached hydrogen (secondary N) is 1. The second-order valence-electron chi connectivity index (χ2n) is 5.38. The lowest BCUT2D eigenvalue weighted by Crippen LogP contribution is -2.20. The van der Waals surface area contributed by atoms with E-state index in [4.69, 9.17) is 16.3 Å². The van der Waals surface area contributed by atoms with E-state index in [1.807, 2.05) is 48.5 Å². The average Bonchev–Trinajstić information content (AvgIpc) is 3.10. The Balaban J connectivity index is 1.80. The summed E-state index contributed by atoms with van der Waals surface area (Å²) in [4.78, 5) is 0. The Morgan fingerprint density at radius 3 is 2.79 bits per heavy atom. The van der Waals surface area contributed by atoms with Crippen LogP contribution in [-0.4, -0.2) is 27.3 Å². The van der Waals surface area contributed by atoms with Crippen LogP contribution in [0.4, 0.5) is 5.95 Å². The molecule has 0 spiro atoms. The molecule has 0 amide bonds. The average molecular weight is 340 g/mol. The smallest absolute Gasteiger partial charge is 0.248 e. The van der Waals surface area contributed by atoms with Crippen molar-refractivity contribution < 1.29 is 4.74 Å². The molecule has 1 atom stereocenters. The molecular formula is C17H14ClN5O. The number of anilines is 1. The molecule has 7 heteroatoms. The zero-order valence-electron chi connectivity index (χ0n) is 12.8. The van der Waals surface area contributed by atoms with Gasteiger partial charge in [-0.05, 0) is 51.9 Å². The Kier molecular flexibility index (Phi) is 3.66. The van der Waals surface area contributed by atoms with Crippen molar-refractivity contribution in [2.75, 3.05) is 12.4 Å². The lowest BCUT2D eigenvalue weighted by atomic mass is 10.0. The summed E-state index contributed by atoms with van der Waals surface area (Å²) in [7, 11) is 1.65. The molecule has 0 fully saturated rings. The molecule has 3 aromatic rings. The third kappa shape index (κ3) is 2.61. The van der Waals surface area contributed by atoms with Gasteiger partial charge in [0.1, 0.15) is 11.8 Å². The highest BCUT2D eigenvalue weighted by molar-refractivity contribution is 6.30. The first-order chi connectivity index (χ1) is 11.7. The molecule has 0 bridgehead atoms. The molecule has 120 valence electrons. The zero-order chi connectivity index (χ0) is 16.5. The van der Waals surface area contributed by atoms with E-state index in [-0.39, 0.29) is 6.04 Å². The molecule has 0 saturated heterocycles. The van der Waals surface area contributed by atoms with E-state index < -0.39 is 0 Å². The lowest BCUT2D eigenvalue weighted by Gasteiger charge is -2.23. The quantitative estimate of drug-likeness (QED) is 0.792. The number of fused-ring (bicyclic) bond motifs is 1. The van der Waals surface area contributed by atoms with Crippen LogP contribution < -0.4 is 10.1 Å². The number of allylic oxidation sites excluding steroid dienone is 1. The molecule has 6 nitrogen and oxygen atoms in total. The lowest BCUT2D eigenvalue weighted by molar-refractivity contribution is 0.413. The van der Waals surface area contributed by atoms with Crippen molar-refractivity contribution in [3.63, 3.8) is 0 Å². The van der Waals surface area contributed by atoms with E-state index >= 15 is 0 Å². The van der Waals surface area contributed by atoms with Crippen LogP contribution in [0.15, 0.2) is 54.6 Å². The van der Waals surface area contributed by atoms with Crippen LogP contribution in [0.2, 0.25) is 5.02 Å². The molecule has 1 aromatic heterocycles. The highest BCUT2D eigenvalue weighted by Gasteiger charge is 2.24. The van der Waals surface area contributed by atoms with E-state index in [1.165, 1.54) is 0 Å². The first-order valence-electron chi connectivity index (χ1n) is 7.41. The van der Waals surface area contributed by atoms with Gasteiger partial charge in [0.15, 0.2) is 0 Å². The van der Waals surface area contributed by atoms with Crippen molar-refractivity contribution in [2.24, 2.45) is 0 Å². The number of nitrogens with zero attached hydrogens (tertiary/aromatic N) is 4. The van der Waals surface area contributed by atoms with Crippen molar-refractivity contribution in [3.8, 4) is 5.75 Å². The van der Waals surface area contributed by atoms with Crippen molar-refractivity contribution >= 4 is 23.2 Å². The van der Waals surface area contributed by atoms with Crippen molar-refractivity contribution in [3.05, 3.63) is 70.8 Å². The predicted molar refractivity (Wildman–Crippen MR) is 92.0 cm³/mol. The fourth-order valence-electron chi connectivity index (χ4n) is 2.71. The van der Waals surface area contributed by atoms with Crippen LogP contribution in [0.1, 0.15) is 17.2 Å². The van der Waals surface area contributed by atoms with Crippen molar-refractivity contribution in [1.29, 1.82) is 0 Å². The topological polar surface area (TPSA) is 64.9 Å². The molecule has 0 radical (unpaired) electrons. The van der Waals surface area contributed by atoms with Gasteiger partial charge in [-0.1, -0.05) is 41.0 Å². The second-order valence-corrected chi connectivity index (χ2v) is 5.82. The van der Waals surface area contributed by atoms with Crippen LogP contribution in [0.5, 0.6) is 5.75 Å². The van der Waals surface area contributed by atoms with Gasteiger partial charge in [0.25, 0.3) is 0 Å². The van der Waals surface area contributed by atoms with Crippen molar-refractivity contribution in [2.45, 2.75) is 6.04 Å². The normalized spacial score (nSPS) is 16.1. The number of hydrogen-bond acceptors (Lipinski definition) is 5. The number of hydrogen-bond donors (Lipinski definition) is 1. The van der Waals surface area contributed by atoms with Crippen molar-refractivity contribution in [1.82, 2.24) is 20.2 Å². The fraction of sp³-hybridized carbons (Fsp3) is 0.118. The second kappa shape index (κ2) is 5.98. The van der Waals surface area contributed by atoms with E-state index in [9.17, 15) is 0 Å². The molecule has 0 unspecified atom stereocenters. The number of rotatable bonds is 3. The fourth-order valence-corrected chi connectivity index (χ4v) is 2.84. The van der Waals surface area contributed by atoms with Crippen LogP contribution in [0, 0.1) is 0 Å². The number of ether oxygens (including phenoxy) is 1. The van der Waals surface area contributed by atoms with E-state index in [2.05, 4.69) is 26.9 Å². The van der Waals surface area contributed by atoms with Gasteiger partial charge in [0.05, 0.1) is 7.11 Å². The summed E-state index contributed by atoms with van der Waals surface area (Å²) in [6, 6.07) is 15.4. The number of tetrazole rings is 1. The Morgan fingerprint density at radius 2 is 2.00 bits per heavy atom. The van der Waals surface area contributed by atoms with Gasteiger partial charge in [0.2, 0.25) is 5.95 Å². The van der Waals surface area contributed by atoms with Crippen LogP contribution in [0.25, 0.3) is 5.70 Å². The molecule has 0 aliphatic carbocycles. The molecule has 1 aliphatic rings. The maximum absolute atomic E-state index is 5.98. The summed E-state index contributed by atoms with van der Waals surface area (Å²) < 4.78 is 7.07. The summed E-state index contributed by atoms with van der Waals surface area (Å²) in [6.45, 7) is 0. The van der Waals surface area contributed by atoms with Gasteiger partial charge in [0, 0.05) is 10.7 Å². The first-order valence-corrected chi connectivity index (χ1v) is 7.79. The molecule has 2 heterocycles. The summed E-state index contributed by atoms with van der Waals surface area (Å²) in [5, 5.41) is 15.9. The maximum Gasteiger partial charge on any atom is 0.248 e. The van der Waals surface area contributed by atoms with Gasteiger partial charge >= 0.3 is 0 Å². The largest absolute Gasteiger partial charge is 0.497 e. The summed E-state index contributed by atoms with van der Waals surface area (Å²) in [5.41, 5.74) is 2.99. The molecule has 4 rings (SSSR count). The van der Waals surface area contributed by atoms with Crippen LogP contribution in [0.3, 0.4) is 0 Å². The van der Waals surface area contributed by atoms with Crippen LogP contribution in [-0.2, 0) is 0 Å². The Hall–Kier alpha value is -2.86. The number of halogens is 1. The number of methoxy groups -OCH3 is 1. The molecule has 0 saturated carbocycles. The number of aromatic nitrogens is 4. The van der Waals surface area contributed by atoms with E-state index in [1.54, 1.807) is 11.8 Å². The minimum Gasteiger partial charge on any atom is -0.497 e. The summed E-state index contributed by atoms with van der Waals surface area (Å²) in [6.07, 6.45) is 2.08. The monoisotopic (exact) mass is 339 g/mol. The zero-order valence-corrected chi connectivity index (χ0v) is 13.6. The SMILES string of the molecule is COc1cccc([C@@H]2C=C(c3ccc(Cl)cc3)Nc3nnnn32)c1. The minimum absolute atomic E-state index is 0.128. The maximum atomic E-state index is 5.98. The van der Waals surface area contributed by atoms with Gasteiger partial charge in [-0.2, -0.15) is 4.68 Å². The predicted octanol–water partition coefficient (Wildman–Crippen LogP) is 3.39. The molecular weight excluding hydrogens is 326 g/mol. The van der Waals surface area contributed by atoms with E-state index in [0.29, 0.717) is 11.0 Å². The Labute approximate surface area is 143 Å². The number of benzene rings is 2. The molecule has 24 heavy (non-hydrogen) atoms. The summed E-state index contributed by atoms with van der Waals surface area (Å²) in [5.74, 6) is 1.39. The highest BCUT2D eigenvalue weighted by Crippen LogP contribution is 2.32. The standard InChI is InChI=1S/C17H14ClN5O/c1-24-14-4-2-3-12(9-14)16-10-15(11-5-7-13(18)8-6-11)19-17-20-21-22-23(16)17/h2-10,16H,1H3,(H,19,20,22)/t16-/m0/s1. The molecule has 1 N–H and O–H groups in total. The van der Waals surface area contributed by atoms with E-state index in [0.717, 1.165) is 22.6 Å². The summed E-state index contributed by atoms with van der Waals surface area (Å²) >= 11 is 5.98. The van der Waals surface area contributed by atoms with Crippen LogP contribution >= 0.6 is 11.6 Å². The highest BCUT2D eigenvalue weighted by atomic mass is 35.5. The molecule has 2 aromatic carbocycles. The van der Waals surface area contributed by atoms with Gasteiger partial charge in [-0.3, -0.25) is 0 Å². The Bertz CT molecular complexity index is 903. The van der Waals surface area contributed by atoms with Gasteiger partial charge < -0.3 is 10.1 Å².